The molecule has 1 unspecified atom stereocenters. The van der Waals surface area contributed by atoms with Gasteiger partial charge >= 0.3 is 0 Å². The highest BCUT2D eigenvalue weighted by atomic mass is 16.5. The Labute approximate surface area is 109 Å². The van der Waals surface area contributed by atoms with Crippen molar-refractivity contribution in [2.75, 3.05) is 13.7 Å². The maximum absolute atomic E-state index is 5.49. The molecule has 3 nitrogen and oxygen atoms in total. The number of nitrogens with one attached hydrogen (secondary N) is 1. The number of hydrogen-bond acceptors (Lipinski definition) is 3. The van der Waals surface area contributed by atoms with Crippen LogP contribution in [0.3, 0.4) is 0 Å². The first-order valence-corrected chi connectivity index (χ1v) is 6.72. The molecule has 98 valence electrons. The van der Waals surface area contributed by atoms with Crippen molar-refractivity contribution in [3.63, 3.8) is 0 Å². The maximum Gasteiger partial charge on any atom is 0.122 e. The summed E-state index contributed by atoms with van der Waals surface area (Å²) in [4.78, 5) is 4.25. The average Bonchev–Trinajstić information content (AvgIpc) is 2.91. The zero-order valence-electron chi connectivity index (χ0n) is 11.5. The first-order chi connectivity index (χ1) is 8.80. The summed E-state index contributed by atoms with van der Waals surface area (Å²) in [6.07, 6.45) is 4.94. The molecular weight excluding hydrogens is 224 g/mol. The standard InChI is InChI=1S/C15H22N2O/c1-4-11-6-7-15(18-3)13(5-2)14(11)8-12-9-16-10-17-12/h6-7,10,12H,4-5,8-9H2,1-3H3,(H,16,17). The Bertz CT molecular complexity index is 432. The van der Waals surface area contributed by atoms with E-state index in [0.29, 0.717) is 6.04 Å². The summed E-state index contributed by atoms with van der Waals surface area (Å²) >= 11 is 0. The molecule has 1 heterocycles. The predicted octanol–water partition coefficient (Wildman–Crippen LogP) is 2.36. The van der Waals surface area contributed by atoms with Gasteiger partial charge < -0.3 is 10.1 Å². The van der Waals surface area contributed by atoms with E-state index in [4.69, 9.17) is 4.74 Å². The number of benzene rings is 1. The van der Waals surface area contributed by atoms with Gasteiger partial charge in [-0.1, -0.05) is 19.9 Å². The molecule has 0 aliphatic carbocycles. The second-order valence-electron chi connectivity index (χ2n) is 4.65. The Morgan fingerprint density at radius 2 is 2.11 bits per heavy atom. The summed E-state index contributed by atoms with van der Waals surface area (Å²) in [5.41, 5.74) is 4.23. The Balaban J connectivity index is 2.33. The van der Waals surface area contributed by atoms with E-state index in [9.17, 15) is 0 Å². The van der Waals surface area contributed by atoms with Gasteiger partial charge in [0.05, 0.1) is 26.0 Å². The van der Waals surface area contributed by atoms with Crippen LogP contribution in [0.4, 0.5) is 0 Å². The van der Waals surface area contributed by atoms with E-state index < -0.39 is 0 Å². The van der Waals surface area contributed by atoms with Crippen LogP contribution in [0.15, 0.2) is 17.1 Å². The fourth-order valence-corrected chi connectivity index (χ4v) is 2.65. The molecule has 0 bridgehead atoms. The molecule has 0 saturated carbocycles. The van der Waals surface area contributed by atoms with Crippen molar-refractivity contribution in [1.29, 1.82) is 0 Å². The molecule has 0 amide bonds. The van der Waals surface area contributed by atoms with E-state index in [-0.39, 0.29) is 0 Å². The van der Waals surface area contributed by atoms with Gasteiger partial charge in [-0.25, -0.2) is 0 Å². The Morgan fingerprint density at radius 1 is 1.28 bits per heavy atom. The monoisotopic (exact) mass is 246 g/mol. The van der Waals surface area contributed by atoms with Crippen LogP contribution in [-0.4, -0.2) is 26.0 Å². The van der Waals surface area contributed by atoms with Crippen LogP contribution in [0.2, 0.25) is 0 Å². The fraction of sp³-hybridized carbons (Fsp3) is 0.533. The van der Waals surface area contributed by atoms with Crippen molar-refractivity contribution in [3.8, 4) is 5.75 Å². The van der Waals surface area contributed by atoms with Crippen LogP contribution in [0.1, 0.15) is 30.5 Å². The average molecular weight is 246 g/mol. The summed E-state index contributed by atoms with van der Waals surface area (Å²) < 4.78 is 5.49. The minimum Gasteiger partial charge on any atom is -0.496 e. The summed E-state index contributed by atoms with van der Waals surface area (Å²) in [6, 6.07) is 4.73. The number of nitrogens with zero attached hydrogens (tertiary/aromatic N) is 1. The number of methoxy groups -OCH3 is 1. The highest BCUT2D eigenvalue weighted by Crippen LogP contribution is 2.28. The van der Waals surface area contributed by atoms with Gasteiger partial charge in [-0.05, 0) is 42.0 Å². The molecule has 18 heavy (non-hydrogen) atoms. The molecule has 1 aromatic rings. The van der Waals surface area contributed by atoms with E-state index in [2.05, 4.69) is 36.3 Å². The topological polar surface area (TPSA) is 33.6 Å². The lowest BCUT2D eigenvalue weighted by molar-refractivity contribution is 0.409. The number of hydrogen-bond donors (Lipinski definition) is 1. The van der Waals surface area contributed by atoms with Crippen molar-refractivity contribution >= 4 is 6.34 Å². The second kappa shape index (κ2) is 5.89. The normalized spacial score (nSPS) is 17.8. The first-order valence-electron chi connectivity index (χ1n) is 6.72. The molecule has 2 rings (SSSR count). The molecule has 3 heteroatoms. The van der Waals surface area contributed by atoms with E-state index in [0.717, 1.165) is 31.6 Å². The molecular formula is C15H22N2O. The third-order valence-corrected chi connectivity index (χ3v) is 3.62. The van der Waals surface area contributed by atoms with Crippen molar-refractivity contribution in [2.45, 2.75) is 39.2 Å². The van der Waals surface area contributed by atoms with Crippen molar-refractivity contribution in [1.82, 2.24) is 5.32 Å². The van der Waals surface area contributed by atoms with Gasteiger partial charge in [0.1, 0.15) is 5.75 Å². The van der Waals surface area contributed by atoms with Gasteiger partial charge in [0.2, 0.25) is 0 Å². The highest BCUT2D eigenvalue weighted by Gasteiger charge is 2.17. The van der Waals surface area contributed by atoms with Gasteiger partial charge in [-0.15, -0.1) is 0 Å². The molecule has 1 atom stereocenters. The number of aryl methyl sites for hydroxylation is 1. The molecule has 1 aliphatic rings. The number of ether oxygens (including phenoxy) is 1. The molecule has 0 aromatic heterocycles. The highest BCUT2D eigenvalue weighted by molar-refractivity contribution is 5.58. The Hall–Kier alpha value is -1.51. The smallest absolute Gasteiger partial charge is 0.122 e. The molecule has 0 saturated heterocycles. The van der Waals surface area contributed by atoms with E-state index >= 15 is 0 Å². The third-order valence-electron chi connectivity index (χ3n) is 3.62. The fourth-order valence-electron chi connectivity index (χ4n) is 2.65. The summed E-state index contributed by atoms with van der Waals surface area (Å²) in [6.45, 7) is 5.28. The zero-order chi connectivity index (χ0) is 13.0. The van der Waals surface area contributed by atoms with Gasteiger partial charge in [0, 0.05) is 0 Å². The number of aliphatic imine (C=N–C) groups is 1. The van der Waals surface area contributed by atoms with Gasteiger partial charge in [0.15, 0.2) is 0 Å². The van der Waals surface area contributed by atoms with Gasteiger partial charge in [-0.2, -0.15) is 0 Å². The van der Waals surface area contributed by atoms with Crippen LogP contribution in [-0.2, 0) is 19.3 Å². The third kappa shape index (κ3) is 2.50. The van der Waals surface area contributed by atoms with E-state index in [1.807, 2.05) is 6.34 Å². The van der Waals surface area contributed by atoms with E-state index in [1.165, 1.54) is 16.7 Å². The van der Waals surface area contributed by atoms with Crippen molar-refractivity contribution in [3.05, 3.63) is 28.8 Å². The minimum atomic E-state index is 0.438. The summed E-state index contributed by atoms with van der Waals surface area (Å²) in [7, 11) is 1.75. The summed E-state index contributed by atoms with van der Waals surface area (Å²) in [5, 5.41) is 3.31. The first kappa shape index (κ1) is 12.9. The van der Waals surface area contributed by atoms with Crippen molar-refractivity contribution in [2.24, 2.45) is 4.99 Å². The van der Waals surface area contributed by atoms with Gasteiger partial charge in [-0.3, -0.25) is 4.99 Å². The van der Waals surface area contributed by atoms with Crippen LogP contribution in [0, 0.1) is 0 Å². The van der Waals surface area contributed by atoms with Gasteiger partial charge in [0.25, 0.3) is 0 Å². The lowest BCUT2D eigenvalue weighted by atomic mass is 9.92. The minimum absolute atomic E-state index is 0.438. The van der Waals surface area contributed by atoms with E-state index in [1.54, 1.807) is 7.11 Å². The molecule has 1 N–H and O–H groups in total. The molecule has 1 aliphatic heterocycles. The predicted molar refractivity (Wildman–Crippen MR) is 75.7 cm³/mol. The maximum atomic E-state index is 5.49. The molecule has 1 aromatic carbocycles. The Kier molecular flexibility index (Phi) is 4.24. The SMILES string of the molecule is CCc1ccc(OC)c(CC)c1CC1CN=CN1. The zero-order valence-corrected chi connectivity index (χ0v) is 11.5. The molecule has 0 radical (unpaired) electrons. The molecule has 0 spiro atoms. The molecule has 0 fully saturated rings. The largest absolute Gasteiger partial charge is 0.496 e. The van der Waals surface area contributed by atoms with Crippen LogP contribution >= 0.6 is 0 Å². The van der Waals surface area contributed by atoms with Crippen LogP contribution in [0.25, 0.3) is 0 Å². The van der Waals surface area contributed by atoms with Crippen LogP contribution < -0.4 is 10.1 Å². The number of rotatable bonds is 5. The quantitative estimate of drug-likeness (QED) is 0.865. The Morgan fingerprint density at radius 3 is 2.67 bits per heavy atom. The van der Waals surface area contributed by atoms with Crippen molar-refractivity contribution < 1.29 is 4.74 Å². The van der Waals surface area contributed by atoms with Crippen LogP contribution in [0.5, 0.6) is 5.75 Å². The summed E-state index contributed by atoms with van der Waals surface area (Å²) in [5.74, 6) is 1.02. The lowest BCUT2D eigenvalue weighted by Gasteiger charge is -2.19. The lowest BCUT2D eigenvalue weighted by Crippen LogP contribution is -2.28. The second-order valence-corrected chi connectivity index (χ2v) is 4.65.